The summed E-state index contributed by atoms with van der Waals surface area (Å²) in [5.41, 5.74) is -5.07. The van der Waals surface area contributed by atoms with Crippen molar-refractivity contribution in [2.75, 3.05) is 6.61 Å². The molecule has 0 spiro atoms. The number of aliphatic carboxylic acids is 1. The fraction of sp³-hybridized carbons (Fsp3) is 0.862. The highest BCUT2D eigenvalue weighted by atomic mass is 16.6. The second-order valence-electron chi connectivity index (χ2n) is 14.0. The molecule has 5 unspecified atom stereocenters. The number of carboxylic acid groups (broad SMARTS) is 1. The van der Waals surface area contributed by atoms with Crippen LogP contribution in [0, 0.1) is 28.6 Å². The maximum absolute atomic E-state index is 13.7. The molecule has 214 valence electrons. The molecule has 1 saturated heterocycles. The van der Waals surface area contributed by atoms with E-state index in [1.807, 2.05) is 6.92 Å². The minimum absolute atomic E-state index is 0.0481. The lowest BCUT2D eigenvalue weighted by molar-refractivity contribution is -0.223. The minimum Gasteiger partial charge on any atom is -0.481 e. The van der Waals surface area contributed by atoms with E-state index in [9.17, 15) is 29.4 Å². The predicted octanol–water partition coefficient (Wildman–Crippen LogP) is 4.18. The number of hydrogen-bond acceptors (Lipinski definition) is 8. The van der Waals surface area contributed by atoms with Crippen LogP contribution in [0.15, 0.2) is 0 Å². The highest BCUT2D eigenvalue weighted by molar-refractivity contribution is 5.82. The molecule has 2 N–H and O–H groups in total. The van der Waals surface area contributed by atoms with Crippen molar-refractivity contribution in [3.8, 4) is 0 Å². The van der Waals surface area contributed by atoms with Crippen LogP contribution in [-0.4, -0.2) is 57.5 Å². The molecule has 1 heterocycles. The molecule has 0 aromatic rings. The fourth-order valence-electron chi connectivity index (χ4n) is 8.02. The van der Waals surface area contributed by atoms with E-state index in [0.717, 1.165) is 32.1 Å². The topological polar surface area (TPSA) is 136 Å². The van der Waals surface area contributed by atoms with Crippen LogP contribution in [0.25, 0.3) is 0 Å². The Morgan fingerprint density at radius 2 is 1.74 bits per heavy atom. The number of carbonyl (C=O) groups is 4. The number of carbonyl (C=O) groups excluding carboxylic acids is 3. The molecule has 0 radical (unpaired) electrons. The van der Waals surface area contributed by atoms with E-state index in [1.165, 1.54) is 0 Å². The van der Waals surface area contributed by atoms with Crippen molar-refractivity contribution in [1.82, 2.24) is 0 Å². The average Bonchev–Trinajstić information content (AvgIpc) is 2.74. The number of rotatable bonds is 10. The lowest BCUT2D eigenvalue weighted by atomic mass is 9.52. The number of esters is 3. The van der Waals surface area contributed by atoms with Crippen LogP contribution >= 0.6 is 0 Å². The molecule has 5 aliphatic rings. The molecule has 0 aromatic heterocycles. The smallest absolute Gasteiger partial charge is 0.312 e. The normalized spacial score (nSPS) is 36.6. The van der Waals surface area contributed by atoms with Gasteiger partial charge in [0, 0.05) is 12.8 Å². The predicted molar refractivity (Wildman–Crippen MR) is 136 cm³/mol. The fourth-order valence-corrected chi connectivity index (χ4v) is 8.02. The van der Waals surface area contributed by atoms with E-state index in [-0.39, 0.29) is 25.9 Å². The Morgan fingerprint density at radius 1 is 1.11 bits per heavy atom. The molecule has 9 nitrogen and oxygen atoms in total. The van der Waals surface area contributed by atoms with Crippen LogP contribution in [-0.2, 0) is 33.4 Å². The second-order valence-corrected chi connectivity index (χ2v) is 14.0. The van der Waals surface area contributed by atoms with E-state index < -0.39 is 57.4 Å². The largest absolute Gasteiger partial charge is 0.481 e. The van der Waals surface area contributed by atoms with E-state index >= 15 is 0 Å². The summed E-state index contributed by atoms with van der Waals surface area (Å²) >= 11 is 0. The molecule has 4 saturated carbocycles. The Kier molecular flexibility index (Phi) is 7.43. The summed E-state index contributed by atoms with van der Waals surface area (Å²) in [5, 5.41) is 20.9. The first kappa shape index (κ1) is 28.8. The first-order chi connectivity index (χ1) is 17.5. The summed E-state index contributed by atoms with van der Waals surface area (Å²) in [5.74, 6) is -2.48. The zero-order valence-corrected chi connectivity index (χ0v) is 23.5. The van der Waals surface area contributed by atoms with Crippen molar-refractivity contribution in [3.05, 3.63) is 0 Å². The Balaban J connectivity index is 1.54. The zero-order chi connectivity index (χ0) is 28.1. The van der Waals surface area contributed by atoms with Gasteiger partial charge < -0.3 is 24.4 Å². The van der Waals surface area contributed by atoms with Gasteiger partial charge in [-0.1, -0.05) is 6.92 Å². The highest BCUT2D eigenvalue weighted by Crippen LogP contribution is 2.59. The Bertz CT molecular complexity index is 973. The standard InChI is InChI=1S/C29H44O9/c1-6-20(22(31)37-29-12-18-9-19(13-29)11-28(35,10-18)17-29)14-26(4,16-25(2,3)23(32)33)24(34)38-27(5)7-8-36-21(30)15-27/h18-20,35H,6-17H2,1-5H3,(H,32,33). The number of aliphatic hydroxyl groups is 1. The van der Waals surface area contributed by atoms with Gasteiger partial charge in [0.15, 0.2) is 0 Å². The van der Waals surface area contributed by atoms with Gasteiger partial charge >= 0.3 is 23.9 Å². The molecule has 9 heteroatoms. The van der Waals surface area contributed by atoms with Crippen LogP contribution in [0.2, 0.25) is 0 Å². The molecule has 5 rings (SSSR count). The van der Waals surface area contributed by atoms with Crippen molar-refractivity contribution in [3.63, 3.8) is 0 Å². The van der Waals surface area contributed by atoms with Crippen molar-refractivity contribution in [2.24, 2.45) is 28.6 Å². The molecule has 4 bridgehead atoms. The quantitative estimate of drug-likeness (QED) is 0.311. The molecule has 1 aliphatic heterocycles. The van der Waals surface area contributed by atoms with Gasteiger partial charge in [-0.15, -0.1) is 0 Å². The van der Waals surface area contributed by atoms with E-state index in [1.54, 1.807) is 27.7 Å². The Labute approximate surface area is 225 Å². The van der Waals surface area contributed by atoms with Gasteiger partial charge in [0.2, 0.25) is 0 Å². The summed E-state index contributed by atoms with van der Waals surface area (Å²) in [6.45, 7) is 8.42. The van der Waals surface area contributed by atoms with E-state index in [2.05, 4.69) is 0 Å². The van der Waals surface area contributed by atoms with Crippen LogP contribution in [0.1, 0.15) is 105 Å². The Hall–Kier alpha value is -2.16. The maximum Gasteiger partial charge on any atom is 0.312 e. The van der Waals surface area contributed by atoms with Crippen molar-refractivity contribution >= 4 is 23.9 Å². The molecule has 4 aliphatic carbocycles. The molecular weight excluding hydrogens is 492 g/mol. The number of ether oxygens (including phenoxy) is 3. The molecule has 0 aromatic carbocycles. The van der Waals surface area contributed by atoms with Crippen LogP contribution < -0.4 is 0 Å². The van der Waals surface area contributed by atoms with Gasteiger partial charge in [0.1, 0.15) is 11.2 Å². The number of hydrogen-bond donors (Lipinski definition) is 2. The van der Waals surface area contributed by atoms with Crippen molar-refractivity contribution in [2.45, 2.75) is 122 Å². The maximum atomic E-state index is 13.7. The number of carboxylic acids is 1. The lowest BCUT2D eigenvalue weighted by Gasteiger charge is -2.59. The number of cyclic esters (lactones) is 1. The molecule has 5 atom stereocenters. The summed E-state index contributed by atoms with van der Waals surface area (Å²) in [6.07, 6.45) is 5.25. The first-order valence-corrected chi connectivity index (χ1v) is 14.1. The van der Waals surface area contributed by atoms with E-state index in [4.69, 9.17) is 14.2 Å². The molecule has 38 heavy (non-hydrogen) atoms. The third-order valence-corrected chi connectivity index (χ3v) is 9.47. The third kappa shape index (κ3) is 5.87. The van der Waals surface area contributed by atoms with Gasteiger partial charge in [0.25, 0.3) is 0 Å². The van der Waals surface area contributed by atoms with Crippen molar-refractivity contribution in [1.29, 1.82) is 0 Å². The zero-order valence-electron chi connectivity index (χ0n) is 23.5. The lowest BCUT2D eigenvalue weighted by Crippen LogP contribution is -2.60. The minimum atomic E-state index is -1.31. The van der Waals surface area contributed by atoms with Crippen LogP contribution in [0.5, 0.6) is 0 Å². The van der Waals surface area contributed by atoms with Gasteiger partial charge in [-0.25, -0.2) is 0 Å². The average molecular weight is 537 g/mol. The first-order valence-electron chi connectivity index (χ1n) is 14.1. The van der Waals surface area contributed by atoms with Crippen LogP contribution in [0.3, 0.4) is 0 Å². The monoisotopic (exact) mass is 536 g/mol. The summed E-state index contributed by atoms with van der Waals surface area (Å²) in [7, 11) is 0. The third-order valence-electron chi connectivity index (χ3n) is 9.47. The molecular formula is C29H44O9. The summed E-state index contributed by atoms with van der Waals surface area (Å²) in [6, 6.07) is 0. The molecule has 0 amide bonds. The summed E-state index contributed by atoms with van der Waals surface area (Å²) in [4.78, 5) is 51.3. The van der Waals surface area contributed by atoms with Gasteiger partial charge in [-0.3, -0.25) is 19.2 Å². The van der Waals surface area contributed by atoms with Gasteiger partial charge in [-0.2, -0.15) is 0 Å². The van der Waals surface area contributed by atoms with Gasteiger partial charge in [-0.05, 0) is 90.9 Å². The van der Waals surface area contributed by atoms with Crippen molar-refractivity contribution < 1.29 is 43.6 Å². The SMILES string of the molecule is CCC(CC(C)(CC(C)(C)C(=O)O)C(=O)OC1(C)CCOC(=O)C1)C(=O)OC12CC3CC(CC(O)(C3)C1)C2. The Morgan fingerprint density at radius 3 is 2.26 bits per heavy atom. The van der Waals surface area contributed by atoms with Crippen LogP contribution in [0.4, 0.5) is 0 Å². The molecule has 5 fully saturated rings. The highest BCUT2D eigenvalue weighted by Gasteiger charge is 2.59. The second kappa shape index (κ2) is 9.79. The van der Waals surface area contributed by atoms with E-state index in [0.29, 0.717) is 31.1 Å². The summed E-state index contributed by atoms with van der Waals surface area (Å²) < 4.78 is 17.1. The van der Waals surface area contributed by atoms with Gasteiger partial charge in [0.05, 0.1) is 35.4 Å².